The van der Waals surface area contributed by atoms with Gasteiger partial charge in [-0.2, -0.15) is 0 Å². The summed E-state index contributed by atoms with van der Waals surface area (Å²) in [5, 5.41) is 1.37. The average Bonchev–Trinajstić information content (AvgIpc) is 2.99. The highest BCUT2D eigenvalue weighted by Crippen LogP contribution is 2.40. The van der Waals surface area contributed by atoms with E-state index in [1.807, 2.05) is 18.2 Å². The Labute approximate surface area is 177 Å². The van der Waals surface area contributed by atoms with Gasteiger partial charge in [-0.05, 0) is 24.1 Å². The maximum Gasteiger partial charge on any atom is 0.127 e. The summed E-state index contributed by atoms with van der Waals surface area (Å²) in [5.74, 6) is 1.71. The average molecular weight is 404 g/mol. The van der Waals surface area contributed by atoms with Crippen molar-refractivity contribution in [2.45, 2.75) is 25.0 Å². The molecule has 1 N–H and O–H groups in total. The molecule has 1 saturated heterocycles. The molecule has 2 aromatic carbocycles. The van der Waals surface area contributed by atoms with E-state index in [-0.39, 0.29) is 0 Å². The van der Waals surface area contributed by atoms with E-state index in [9.17, 15) is 0 Å². The van der Waals surface area contributed by atoms with E-state index in [0.717, 1.165) is 44.1 Å². The predicted molar refractivity (Wildman–Crippen MR) is 120 cm³/mol. The van der Waals surface area contributed by atoms with Crippen LogP contribution in [0.25, 0.3) is 10.9 Å². The van der Waals surface area contributed by atoms with E-state index in [1.54, 1.807) is 14.2 Å². The van der Waals surface area contributed by atoms with E-state index in [0.29, 0.717) is 12.1 Å². The highest BCUT2D eigenvalue weighted by molar-refractivity contribution is 5.85. The summed E-state index contributed by atoms with van der Waals surface area (Å²) in [6.45, 7) is 7.82. The first-order valence-corrected chi connectivity index (χ1v) is 10.6. The van der Waals surface area contributed by atoms with Crippen LogP contribution < -0.4 is 9.47 Å². The summed E-state index contributed by atoms with van der Waals surface area (Å²) >= 11 is 0. The number of hydrogen-bond acceptors (Lipinski definition) is 4. The summed E-state index contributed by atoms with van der Waals surface area (Å²) in [4.78, 5) is 8.96. The summed E-state index contributed by atoms with van der Waals surface area (Å²) in [6, 6.07) is 15.6. The Bertz CT molecular complexity index is 1070. The molecule has 2 bridgehead atoms. The largest absolute Gasteiger partial charge is 0.497 e. The van der Waals surface area contributed by atoms with Gasteiger partial charge in [-0.3, -0.25) is 9.80 Å². The quantitative estimate of drug-likeness (QED) is 0.628. The molecule has 5 nitrogen and oxygen atoms in total. The molecule has 3 aliphatic heterocycles. The molecular formula is C25H29N3O2. The molecule has 30 heavy (non-hydrogen) atoms. The fraction of sp³-hybridized carbons (Fsp3) is 0.360. The van der Waals surface area contributed by atoms with Crippen LogP contribution in [0.1, 0.15) is 22.9 Å². The monoisotopic (exact) mass is 403 g/mol. The molecule has 0 spiro atoms. The zero-order valence-electron chi connectivity index (χ0n) is 17.7. The van der Waals surface area contributed by atoms with Gasteiger partial charge in [-0.25, -0.2) is 0 Å². The third-order valence-corrected chi connectivity index (χ3v) is 6.66. The van der Waals surface area contributed by atoms with Crippen molar-refractivity contribution in [3.63, 3.8) is 0 Å². The fourth-order valence-electron chi connectivity index (χ4n) is 5.19. The number of piperazine rings is 1. The second-order valence-corrected chi connectivity index (χ2v) is 8.29. The molecule has 1 aromatic heterocycles. The molecule has 4 heterocycles. The lowest BCUT2D eigenvalue weighted by molar-refractivity contribution is 0.0361. The van der Waals surface area contributed by atoms with Crippen molar-refractivity contribution < 1.29 is 9.47 Å². The number of benzene rings is 2. The zero-order chi connectivity index (χ0) is 20.7. The molecule has 0 unspecified atom stereocenters. The number of H-pyrrole nitrogens is 1. The Morgan fingerprint density at radius 1 is 1.10 bits per heavy atom. The SMILES string of the molecule is C=CCN1C[C@@H]2c3[nH]c4ccccc4c3C[C@H]1CN2Cc1ccc(OC)cc1OC. The van der Waals surface area contributed by atoms with E-state index < -0.39 is 0 Å². The Morgan fingerprint density at radius 2 is 1.97 bits per heavy atom. The lowest BCUT2D eigenvalue weighted by Gasteiger charge is -2.43. The molecule has 0 amide bonds. The molecule has 2 atom stereocenters. The molecule has 0 aliphatic carbocycles. The van der Waals surface area contributed by atoms with E-state index in [2.05, 4.69) is 51.7 Å². The van der Waals surface area contributed by atoms with Crippen LogP contribution in [0.15, 0.2) is 55.1 Å². The maximum atomic E-state index is 5.68. The molecule has 156 valence electrons. The van der Waals surface area contributed by atoms with Crippen LogP contribution in [0, 0.1) is 0 Å². The first-order valence-electron chi connectivity index (χ1n) is 10.6. The van der Waals surface area contributed by atoms with E-state index >= 15 is 0 Å². The molecule has 6 rings (SSSR count). The Morgan fingerprint density at radius 3 is 2.77 bits per heavy atom. The first-order chi connectivity index (χ1) is 14.7. The van der Waals surface area contributed by atoms with Crippen LogP contribution in [0.4, 0.5) is 0 Å². The summed E-state index contributed by atoms with van der Waals surface area (Å²) < 4.78 is 11.1. The van der Waals surface area contributed by atoms with Crippen LogP contribution in [0.3, 0.4) is 0 Å². The van der Waals surface area contributed by atoms with Crippen molar-refractivity contribution in [3.05, 3.63) is 71.9 Å². The van der Waals surface area contributed by atoms with Gasteiger partial charge in [0.05, 0.1) is 20.3 Å². The van der Waals surface area contributed by atoms with Gasteiger partial charge in [-0.1, -0.05) is 30.3 Å². The minimum Gasteiger partial charge on any atom is -0.497 e. The van der Waals surface area contributed by atoms with Gasteiger partial charge in [-0.15, -0.1) is 6.58 Å². The van der Waals surface area contributed by atoms with Gasteiger partial charge in [0.2, 0.25) is 0 Å². The Balaban J connectivity index is 1.53. The van der Waals surface area contributed by atoms with Gasteiger partial charge in [0.1, 0.15) is 11.5 Å². The number of aromatic amines is 1. The molecule has 3 aromatic rings. The Hall–Kier alpha value is -2.76. The van der Waals surface area contributed by atoms with Crippen molar-refractivity contribution in [3.8, 4) is 11.5 Å². The van der Waals surface area contributed by atoms with Gasteiger partial charge >= 0.3 is 0 Å². The number of para-hydroxylation sites is 1. The second-order valence-electron chi connectivity index (χ2n) is 8.29. The lowest BCUT2D eigenvalue weighted by atomic mass is 10.0. The lowest BCUT2D eigenvalue weighted by Crippen LogP contribution is -2.53. The molecule has 5 heteroatoms. The number of nitrogens with zero attached hydrogens (tertiary/aromatic N) is 2. The first kappa shape index (κ1) is 19.2. The third-order valence-electron chi connectivity index (χ3n) is 6.66. The van der Waals surface area contributed by atoms with Crippen molar-refractivity contribution >= 4 is 10.9 Å². The Kier molecular flexibility index (Phi) is 5.01. The number of ether oxygens (including phenoxy) is 2. The highest BCUT2D eigenvalue weighted by Gasteiger charge is 2.40. The smallest absolute Gasteiger partial charge is 0.127 e. The van der Waals surface area contributed by atoms with Crippen LogP contribution in [-0.2, 0) is 13.0 Å². The number of nitrogens with one attached hydrogen (secondary N) is 1. The summed E-state index contributed by atoms with van der Waals surface area (Å²) in [5.41, 5.74) is 5.29. The maximum absolute atomic E-state index is 5.68. The molecule has 1 fully saturated rings. The minimum atomic E-state index is 0.318. The van der Waals surface area contributed by atoms with Crippen molar-refractivity contribution in [2.24, 2.45) is 0 Å². The van der Waals surface area contributed by atoms with Crippen LogP contribution in [-0.4, -0.2) is 54.7 Å². The number of fused-ring (bicyclic) bond motifs is 3. The molecule has 3 aliphatic rings. The third kappa shape index (κ3) is 3.18. The van der Waals surface area contributed by atoms with Gasteiger partial charge in [0.15, 0.2) is 0 Å². The van der Waals surface area contributed by atoms with Gasteiger partial charge in [0.25, 0.3) is 0 Å². The van der Waals surface area contributed by atoms with Crippen LogP contribution >= 0.6 is 0 Å². The number of aromatic nitrogens is 1. The van der Waals surface area contributed by atoms with Gasteiger partial charge < -0.3 is 14.5 Å². The van der Waals surface area contributed by atoms with Crippen LogP contribution in [0.5, 0.6) is 11.5 Å². The van der Waals surface area contributed by atoms with Gasteiger partial charge in [0, 0.05) is 60.4 Å². The number of methoxy groups -OCH3 is 2. The van der Waals surface area contributed by atoms with Crippen LogP contribution in [0.2, 0.25) is 0 Å². The molecule has 0 radical (unpaired) electrons. The number of rotatable bonds is 6. The van der Waals surface area contributed by atoms with Crippen molar-refractivity contribution in [1.29, 1.82) is 0 Å². The van der Waals surface area contributed by atoms with Crippen molar-refractivity contribution in [1.82, 2.24) is 14.8 Å². The standard InChI is InChI=1S/C25H29N3O2/c1-4-11-27-16-23-25-21(20-7-5-6-8-22(20)26-25)12-18(27)15-28(23)14-17-9-10-19(29-2)13-24(17)30-3/h4-10,13,18,23,26H,1,11-12,14-16H2,2-3H3/t18-,23+/m0/s1. The van der Waals surface area contributed by atoms with Crippen molar-refractivity contribution in [2.75, 3.05) is 33.9 Å². The minimum absolute atomic E-state index is 0.318. The zero-order valence-corrected chi connectivity index (χ0v) is 17.7. The van der Waals surface area contributed by atoms with E-state index in [1.165, 1.54) is 27.7 Å². The second kappa shape index (κ2) is 7.82. The van der Waals surface area contributed by atoms with E-state index in [4.69, 9.17) is 9.47 Å². The highest BCUT2D eigenvalue weighted by atomic mass is 16.5. The topological polar surface area (TPSA) is 40.7 Å². The summed E-state index contributed by atoms with van der Waals surface area (Å²) in [7, 11) is 3.42. The normalized spacial score (nSPS) is 21.4. The fourth-order valence-corrected chi connectivity index (χ4v) is 5.19. The predicted octanol–water partition coefficient (Wildman–Crippen LogP) is 4.15. The molecule has 0 saturated carbocycles. The molecular weight excluding hydrogens is 374 g/mol. The number of hydrogen-bond donors (Lipinski definition) is 1. The summed E-state index contributed by atoms with van der Waals surface area (Å²) in [6.07, 6.45) is 3.10.